The first-order valence-electron chi connectivity index (χ1n) is 7.03. The molecule has 20 heavy (non-hydrogen) atoms. The van der Waals surface area contributed by atoms with E-state index in [4.69, 9.17) is 4.42 Å². The summed E-state index contributed by atoms with van der Waals surface area (Å²) < 4.78 is 30.4. The monoisotopic (exact) mass is 290 g/mol. The Morgan fingerprint density at radius 3 is 2.55 bits per heavy atom. The highest BCUT2D eigenvalue weighted by Gasteiger charge is 2.20. The molecule has 2 aromatic rings. The van der Waals surface area contributed by atoms with E-state index in [9.17, 15) is 8.42 Å². The Balaban J connectivity index is 1.85. The molecule has 3 rings (SSSR count). The Morgan fingerprint density at radius 1 is 1.00 bits per heavy atom. The van der Waals surface area contributed by atoms with Gasteiger partial charge in [-0.15, -0.1) is 0 Å². The average molecular weight is 290 g/mol. The highest BCUT2D eigenvalue weighted by atomic mass is 32.2. The average Bonchev–Trinajstić information content (AvgIpc) is 2.68. The van der Waals surface area contributed by atoms with Crippen LogP contribution in [-0.2, 0) is 28.4 Å². The standard InChI is InChI=1S/C16H18O3S/c17-20(18,15-8-4-2-5-9-15)12-14-11-13-7-3-1-6-10-16(13)19-14/h2,4-5,8-9,11H,1,3,6-7,10,12H2. The van der Waals surface area contributed by atoms with Crippen molar-refractivity contribution in [2.45, 2.75) is 42.8 Å². The molecule has 1 aliphatic carbocycles. The van der Waals surface area contributed by atoms with Gasteiger partial charge in [-0.05, 0) is 43.0 Å². The van der Waals surface area contributed by atoms with Crippen LogP contribution in [0.3, 0.4) is 0 Å². The molecule has 0 amide bonds. The van der Waals surface area contributed by atoms with Crippen molar-refractivity contribution in [2.75, 3.05) is 0 Å². The maximum absolute atomic E-state index is 12.3. The molecular weight excluding hydrogens is 272 g/mol. The molecule has 0 spiro atoms. The van der Waals surface area contributed by atoms with Crippen molar-refractivity contribution in [3.8, 4) is 0 Å². The third kappa shape index (κ3) is 2.80. The van der Waals surface area contributed by atoms with Crippen LogP contribution in [0.5, 0.6) is 0 Å². The number of benzene rings is 1. The maximum Gasteiger partial charge on any atom is 0.185 e. The fourth-order valence-electron chi connectivity index (χ4n) is 2.70. The number of hydrogen-bond donors (Lipinski definition) is 0. The number of fused-ring (bicyclic) bond motifs is 1. The lowest BCUT2D eigenvalue weighted by Crippen LogP contribution is -2.03. The minimum Gasteiger partial charge on any atom is -0.465 e. The molecule has 3 nitrogen and oxygen atoms in total. The summed E-state index contributed by atoms with van der Waals surface area (Å²) >= 11 is 0. The van der Waals surface area contributed by atoms with Crippen molar-refractivity contribution < 1.29 is 12.8 Å². The van der Waals surface area contributed by atoms with Gasteiger partial charge in [-0.2, -0.15) is 0 Å². The normalized spacial score (nSPS) is 15.6. The third-order valence-corrected chi connectivity index (χ3v) is 5.39. The van der Waals surface area contributed by atoms with Gasteiger partial charge in [0.05, 0.1) is 4.90 Å². The van der Waals surface area contributed by atoms with E-state index >= 15 is 0 Å². The molecule has 106 valence electrons. The Labute approximate surface area is 119 Å². The Bertz CT molecular complexity index is 660. The minimum atomic E-state index is -3.32. The summed E-state index contributed by atoms with van der Waals surface area (Å²) in [5, 5.41) is 0. The fraction of sp³-hybridized carbons (Fsp3) is 0.375. The summed E-state index contributed by atoms with van der Waals surface area (Å²) in [6.45, 7) is 0. The zero-order valence-electron chi connectivity index (χ0n) is 11.3. The van der Waals surface area contributed by atoms with E-state index < -0.39 is 9.84 Å². The van der Waals surface area contributed by atoms with Crippen LogP contribution >= 0.6 is 0 Å². The number of rotatable bonds is 3. The molecule has 1 aromatic carbocycles. The van der Waals surface area contributed by atoms with Crippen molar-refractivity contribution in [3.05, 3.63) is 53.5 Å². The van der Waals surface area contributed by atoms with Gasteiger partial charge in [-0.1, -0.05) is 24.6 Å². The van der Waals surface area contributed by atoms with Gasteiger partial charge in [0.2, 0.25) is 0 Å². The van der Waals surface area contributed by atoms with Crippen LogP contribution < -0.4 is 0 Å². The van der Waals surface area contributed by atoms with Crippen LogP contribution in [0.15, 0.2) is 45.7 Å². The first-order valence-corrected chi connectivity index (χ1v) is 8.69. The second kappa shape index (κ2) is 5.44. The molecule has 4 heteroatoms. The fourth-order valence-corrected chi connectivity index (χ4v) is 3.95. The van der Waals surface area contributed by atoms with Crippen molar-refractivity contribution in [2.24, 2.45) is 0 Å². The number of aryl methyl sites for hydroxylation is 2. The van der Waals surface area contributed by atoms with E-state index in [0.717, 1.165) is 31.4 Å². The number of hydrogen-bond acceptors (Lipinski definition) is 3. The van der Waals surface area contributed by atoms with E-state index in [0.29, 0.717) is 10.7 Å². The van der Waals surface area contributed by atoms with Crippen LogP contribution in [-0.4, -0.2) is 8.42 Å². The predicted molar refractivity (Wildman–Crippen MR) is 77.3 cm³/mol. The highest BCUT2D eigenvalue weighted by Crippen LogP contribution is 2.26. The van der Waals surface area contributed by atoms with Gasteiger partial charge >= 0.3 is 0 Å². The van der Waals surface area contributed by atoms with Gasteiger partial charge in [-0.3, -0.25) is 0 Å². The topological polar surface area (TPSA) is 47.3 Å². The Hall–Kier alpha value is -1.55. The van der Waals surface area contributed by atoms with Crippen LogP contribution in [0, 0.1) is 0 Å². The van der Waals surface area contributed by atoms with Gasteiger partial charge in [-0.25, -0.2) is 8.42 Å². The van der Waals surface area contributed by atoms with Crippen LogP contribution in [0.1, 0.15) is 36.3 Å². The molecule has 1 aliphatic rings. The van der Waals surface area contributed by atoms with E-state index in [1.807, 2.05) is 12.1 Å². The van der Waals surface area contributed by atoms with E-state index in [1.165, 1.54) is 12.0 Å². The molecule has 1 aromatic heterocycles. The Kier molecular flexibility index (Phi) is 3.66. The molecule has 0 fully saturated rings. The molecule has 0 aliphatic heterocycles. The van der Waals surface area contributed by atoms with Crippen molar-refractivity contribution in [3.63, 3.8) is 0 Å². The van der Waals surface area contributed by atoms with E-state index in [1.54, 1.807) is 24.3 Å². The van der Waals surface area contributed by atoms with Crippen molar-refractivity contribution in [1.82, 2.24) is 0 Å². The zero-order valence-corrected chi connectivity index (χ0v) is 12.2. The molecule has 1 heterocycles. The summed E-state index contributed by atoms with van der Waals surface area (Å²) in [5.74, 6) is 1.51. The quantitative estimate of drug-likeness (QED) is 0.813. The van der Waals surface area contributed by atoms with Crippen LogP contribution in [0.2, 0.25) is 0 Å². The van der Waals surface area contributed by atoms with Crippen molar-refractivity contribution in [1.29, 1.82) is 0 Å². The molecule has 0 radical (unpaired) electrons. The molecule has 0 unspecified atom stereocenters. The molecular formula is C16H18O3S. The summed E-state index contributed by atoms with van der Waals surface area (Å²) in [4.78, 5) is 0.353. The lowest BCUT2D eigenvalue weighted by atomic mass is 10.1. The first kappa shape index (κ1) is 13.4. The molecule has 0 N–H and O–H groups in total. The summed E-state index contributed by atoms with van der Waals surface area (Å²) in [7, 11) is -3.32. The van der Waals surface area contributed by atoms with E-state index in [2.05, 4.69) is 0 Å². The van der Waals surface area contributed by atoms with Crippen LogP contribution in [0.4, 0.5) is 0 Å². The van der Waals surface area contributed by atoms with Crippen molar-refractivity contribution >= 4 is 9.84 Å². The lowest BCUT2D eigenvalue weighted by Gasteiger charge is -2.02. The molecule has 0 atom stereocenters. The Morgan fingerprint density at radius 2 is 1.75 bits per heavy atom. The van der Waals surface area contributed by atoms with Gasteiger partial charge in [0.15, 0.2) is 9.84 Å². The highest BCUT2D eigenvalue weighted by molar-refractivity contribution is 7.90. The first-order chi connectivity index (χ1) is 9.65. The van der Waals surface area contributed by atoms with Gasteiger partial charge in [0, 0.05) is 6.42 Å². The smallest absolute Gasteiger partial charge is 0.185 e. The third-order valence-electron chi connectivity index (χ3n) is 3.73. The summed E-state index contributed by atoms with van der Waals surface area (Å²) in [6, 6.07) is 10.5. The van der Waals surface area contributed by atoms with Gasteiger partial charge < -0.3 is 4.42 Å². The number of furan rings is 1. The van der Waals surface area contributed by atoms with Gasteiger partial charge in [0.25, 0.3) is 0 Å². The second-order valence-corrected chi connectivity index (χ2v) is 7.28. The zero-order chi connectivity index (χ0) is 14.0. The molecule has 0 bridgehead atoms. The second-order valence-electron chi connectivity index (χ2n) is 5.29. The minimum absolute atomic E-state index is 0.0516. The largest absolute Gasteiger partial charge is 0.465 e. The number of sulfone groups is 1. The lowest BCUT2D eigenvalue weighted by molar-refractivity contribution is 0.469. The molecule has 0 saturated heterocycles. The maximum atomic E-state index is 12.3. The summed E-state index contributed by atoms with van der Waals surface area (Å²) in [6.07, 6.45) is 5.45. The molecule has 0 saturated carbocycles. The van der Waals surface area contributed by atoms with E-state index in [-0.39, 0.29) is 5.75 Å². The van der Waals surface area contributed by atoms with Crippen LogP contribution in [0.25, 0.3) is 0 Å². The SMILES string of the molecule is O=S(=O)(Cc1cc2c(o1)CCCCC2)c1ccccc1. The summed E-state index contributed by atoms with van der Waals surface area (Å²) in [5.41, 5.74) is 1.20. The predicted octanol–water partition coefficient (Wildman–Crippen LogP) is 3.52. The van der Waals surface area contributed by atoms with Gasteiger partial charge in [0.1, 0.15) is 17.3 Å².